The van der Waals surface area contributed by atoms with Gasteiger partial charge in [-0.3, -0.25) is 4.57 Å². The van der Waals surface area contributed by atoms with E-state index in [1.165, 1.54) is 7.11 Å². The second kappa shape index (κ2) is 4.23. The molecule has 5 nitrogen and oxygen atoms in total. The minimum atomic E-state index is -0.320. The van der Waals surface area contributed by atoms with E-state index in [0.29, 0.717) is 12.4 Å². The van der Waals surface area contributed by atoms with Gasteiger partial charge in [-0.25, -0.2) is 4.79 Å². The summed E-state index contributed by atoms with van der Waals surface area (Å²) >= 11 is 0. The van der Waals surface area contributed by atoms with Crippen molar-refractivity contribution in [2.45, 2.75) is 26.4 Å². The van der Waals surface area contributed by atoms with Crippen molar-refractivity contribution in [3.8, 4) is 5.88 Å². The molecule has 0 unspecified atom stereocenters. The smallest absolute Gasteiger partial charge is 0.351 e. The van der Waals surface area contributed by atoms with E-state index in [9.17, 15) is 4.79 Å². The van der Waals surface area contributed by atoms with Crippen molar-refractivity contribution >= 4 is 0 Å². The number of ether oxygens (including phenoxy) is 1. The van der Waals surface area contributed by atoms with Gasteiger partial charge in [0.2, 0.25) is 5.88 Å². The normalized spacial score (nSPS) is 10.6. The highest BCUT2D eigenvalue weighted by Gasteiger charge is 2.09. The van der Waals surface area contributed by atoms with Crippen LogP contribution in [0.25, 0.3) is 0 Å². The third-order valence-electron chi connectivity index (χ3n) is 1.95. The highest BCUT2D eigenvalue weighted by molar-refractivity contribution is 5.15. The van der Waals surface area contributed by atoms with Crippen molar-refractivity contribution in [3.05, 3.63) is 22.2 Å². The molecule has 0 atom stereocenters. The molecule has 0 amide bonds. The molecule has 1 rings (SSSR count). The fourth-order valence-electron chi connectivity index (χ4n) is 1.33. The van der Waals surface area contributed by atoms with Crippen LogP contribution in [0.5, 0.6) is 5.88 Å². The highest BCUT2D eigenvalue weighted by atomic mass is 16.5. The van der Waals surface area contributed by atoms with Crippen molar-refractivity contribution in [3.63, 3.8) is 0 Å². The summed E-state index contributed by atoms with van der Waals surface area (Å²) in [5, 5.41) is 0. The van der Waals surface area contributed by atoms with Gasteiger partial charge in [0.25, 0.3) is 0 Å². The lowest BCUT2D eigenvalue weighted by Crippen LogP contribution is -2.29. The Morgan fingerprint density at radius 2 is 2.29 bits per heavy atom. The number of aromatic nitrogens is 2. The average molecular weight is 197 g/mol. The first-order valence-corrected chi connectivity index (χ1v) is 4.46. The van der Waals surface area contributed by atoms with E-state index >= 15 is 0 Å². The van der Waals surface area contributed by atoms with Gasteiger partial charge >= 0.3 is 5.69 Å². The predicted molar refractivity (Wildman–Crippen MR) is 53.3 cm³/mol. The molecule has 0 bridgehead atoms. The number of methoxy groups -OCH3 is 1. The van der Waals surface area contributed by atoms with Crippen molar-refractivity contribution < 1.29 is 4.74 Å². The second-order valence-electron chi connectivity index (χ2n) is 3.24. The van der Waals surface area contributed by atoms with Gasteiger partial charge in [-0.1, -0.05) is 0 Å². The summed E-state index contributed by atoms with van der Waals surface area (Å²) in [6.45, 7) is 4.12. The molecule has 0 aliphatic heterocycles. The van der Waals surface area contributed by atoms with Crippen LogP contribution >= 0.6 is 0 Å². The topological polar surface area (TPSA) is 70.1 Å². The van der Waals surface area contributed by atoms with Gasteiger partial charge in [0.15, 0.2) is 0 Å². The Labute approximate surface area is 82.5 Å². The van der Waals surface area contributed by atoms with Crippen LogP contribution in [0, 0.1) is 0 Å². The van der Waals surface area contributed by atoms with Crippen LogP contribution in [0.1, 0.15) is 25.6 Å². The molecule has 0 fully saturated rings. The molecule has 0 aromatic carbocycles. The van der Waals surface area contributed by atoms with Crippen LogP contribution in [0.15, 0.2) is 10.9 Å². The van der Waals surface area contributed by atoms with Gasteiger partial charge < -0.3 is 10.5 Å². The van der Waals surface area contributed by atoms with E-state index in [0.717, 1.165) is 5.69 Å². The van der Waals surface area contributed by atoms with Crippen LogP contribution in [0.4, 0.5) is 0 Å². The molecule has 0 spiro atoms. The zero-order chi connectivity index (χ0) is 10.7. The first kappa shape index (κ1) is 10.7. The summed E-state index contributed by atoms with van der Waals surface area (Å²) in [6.07, 6.45) is 0. The van der Waals surface area contributed by atoms with E-state index in [-0.39, 0.29) is 11.7 Å². The maximum atomic E-state index is 11.5. The lowest BCUT2D eigenvalue weighted by Gasteiger charge is -2.14. The zero-order valence-electron chi connectivity index (χ0n) is 8.65. The van der Waals surface area contributed by atoms with Gasteiger partial charge in [-0.05, 0) is 13.8 Å². The molecule has 2 N–H and O–H groups in total. The van der Waals surface area contributed by atoms with Gasteiger partial charge in [-0.15, -0.1) is 0 Å². The Kier molecular flexibility index (Phi) is 3.24. The molecule has 0 saturated heterocycles. The maximum Gasteiger partial charge on any atom is 0.351 e. The molecule has 1 heterocycles. The average Bonchev–Trinajstić information content (AvgIpc) is 2.15. The number of nitrogens with zero attached hydrogens (tertiary/aromatic N) is 2. The first-order chi connectivity index (χ1) is 6.60. The molecule has 78 valence electrons. The van der Waals surface area contributed by atoms with Crippen LogP contribution in [-0.4, -0.2) is 16.7 Å². The van der Waals surface area contributed by atoms with Gasteiger partial charge in [-0.2, -0.15) is 4.98 Å². The quantitative estimate of drug-likeness (QED) is 0.756. The summed E-state index contributed by atoms with van der Waals surface area (Å²) in [7, 11) is 1.47. The Hall–Kier alpha value is -1.36. The third-order valence-corrected chi connectivity index (χ3v) is 1.95. The lowest BCUT2D eigenvalue weighted by molar-refractivity contribution is 0.387. The van der Waals surface area contributed by atoms with E-state index in [1.54, 1.807) is 10.6 Å². The van der Waals surface area contributed by atoms with E-state index in [1.807, 2.05) is 13.8 Å². The molecule has 1 aromatic heterocycles. The van der Waals surface area contributed by atoms with E-state index in [4.69, 9.17) is 10.5 Å². The largest absolute Gasteiger partial charge is 0.481 e. The Morgan fingerprint density at radius 1 is 1.64 bits per heavy atom. The monoisotopic (exact) mass is 197 g/mol. The Bertz CT molecular complexity index is 371. The fourth-order valence-corrected chi connectivity index (χ4v) is 1.33. The molecule has 0 saturated carbocycles. The maximum absolute atomic E-state index is 11.5. The van der Waals surface area contributed by atoms with Gasteiger partial charge in [0, 0.05) is 24.3 Å². The number of hydrogen-bond acceptors (Lipinski definition) is 4. The van der Waals surface area contributed by atoms with Crippen LogP contribution in [-0.2, 0) is 6.54 Å². The van der Waals surface area contributed by atoms with Crippen molar-refractivity contribution in [2.75, 3.05) is 7.11 Å². The van der Waals surface area contributed by atoms with Crippen molar-refractivity contribution in [1.82, 2.24) is 9.55 Å². The number of rotatable bonds is 3. The molecular weight excluding hydrogens is 182 g/mol. The lowest BCUT2D eigenvalue weighted by atomic mass is 10.3. The summed E-state index contributed by atoms with van der Waals surface area (Å²) in [4.78, 5) is 15.3. The van der Waals surface area contributed by atoms with Crippen molar-refractivity contribution in [2.24, 2.45) is 5.73 Å². The molecular formula is C9H15N3O2. The molecule has 0 aliphatic carbocycles. The SMILES string of the molecule is COc1cc(CN)n(C(C)C)c(=O)n1. The minimum Gasteiger partial charge on any atom is -0.481 e. The fraction of sp³-hybridized carbons (Fsp3) is 0.556. The number of hydrogen-bond donors (Lipinski definition) is 1. The zero-order valence-corrected chi connectivity index (χ0v) is 8.65. The molecule has 14 heavy (non-hydrogen) atoms. The first-order valence-electron chi connectivity index (χ1n) is 4.46. The standard InChI is InChI=1S/C9H15N3O2/c1-6(2)12-7(5-10)4-8(14-3)11-9(12)13/h4,6H,5,10H2,1-3H3. The van der Waals surface area contributed by atoms with Gasteiger partial charge in [0.05, 0.1) is 7.11 Å². The molecule has 0 aliphatic rings. The molecule has 0 radical (unpaired) electrons. The van der Waals surface area contributed by atoms with Gasteiger partial charge in [0.1, 0.15) is 0 Å². The summed E-state index contributed by atoms with van der Waals surface area (Å²) in [5.41, 5.74) is 5.95. The predicted octanol–water partition coefficient (Wildman–Crippen LogP) is 0.291. The van der Waals surface area contributed by atoms with E-state index in [2.05, 4.69) is 4.98 Å². The Balaban J connectivity index is 3.35. The van der Waals surface area contributed by atoms with Crippen molar-refractivity contribution in [1.29, 1.82) is 0 Å². The summed E-state index contributed by atoms with van der Waals surface area (Å²) in [6, 6.07) is 1.74. The third kappa shape index (κ3) is 1.93. The molecule has 5 heteroatoms. The summed E-state index contributed by atoms with van der Waals surface area (Å²) in [5.74, 6) is 0.312. The highest BCUT2D eigenvalue weighted by Crippen LogP contribution is 2.10. The number of nitrogens with two attached hydrogens (primary N) is 1. The second-order valence-corrected chi connectivity index (χ2v) is 3.24. The minimum absolute atomic E-state index is 0.0551. The van der Waals surface area contributed by atoms with E-state index < -0.39 is 0 Å². The van der Waals surface area contributed by atoms with Crippen LogP contribution in [0.2, 0.25) is 0 Å². The van der Waals surface area contributed by atoms with Crippen LogP contribution in [0.3, 0.4) is 0 Å². The molecule has 1 aromatic rings. The van der Waals surface area contributed by atoms with Crippen LogP contribution < -0.4 is 16.2 Å². The summed E-state index contributed by atoms with van der Waals surface area (Å²) < 4.78 is 6.45. The Morgan fingerprint density at radius 3 is 2.71 bits per heavy atom.